The maximum atomic E-state index is 12.8. The summed E-state index contributed by atoms with van der Waals surface area (Å²) in [6.07, 6.45) is 1.30. The third kappa shape index (κ3) is 4.57. The molecule has 1 amide bonds. The van der Waals surface area contributed by atoms with Crippen LogP contribution in [0.15, 0.2) is 64.7 Å². The van der Waals surface area contributed by atoms with E-state index in [0.717, 1.165) is 9.87 Å². The van der Waals surface area contributed by atoms with Crippen LogP contribution in [0.2, 0.25) is 0 Å². The van der Waals surface area contributed by atoms with Crippen molar-refractivity contribution in [3.8, 4) is 11.5 Å². The Morgan fingerprint density at radius 2 is 1.76 bits per heavy atom. The van der Waals surface area contributed by atoms with Crippen LogP contribution in [0.25, 0.3) is 0 Å². The zero-order valence-electron chi connectivity index (χ0n) is 16.2. The van der Waals surface area contributed by atoms with E-state index in [1.807, 2.05) is 0 Å². The van der Waals surface area contributed by atoms with Gasteiger partial charge in [-0.15, -0.1) is 4.40 Å². The molecule has 0 unspecified atom stereocenters. The van der Waals surface area contributed by atoms with Gasteiger partial charge in [-0.05, 0) is 36.8 Å². The maximum absolute atomic E-state index is 12.8. The Hall–Kier alpha value is -3.33. The monoisotopic (exact) mass is 415 g/mol. The standard InChI is InChI=1S/C20H21N3O5S/c1-14-17(20(24)21-18-6-4-5-7-19(18)28-3)13-23(29(25,26)22-14)12-15-8-10-16(27-2)11-9-15/h4-11,13H,12H2,1-3H3,(H,21,24). The zero-order valence-corrected chi connectivity index (χ0v) is 17.1. The van der Waals surface area contributed by atoms with E-state index in [-0.39, 0.29) is 17.8 Å². The van der Waals surface area contributed by atoms with Crippen LogP contribution in [0.4, 0.5) is 5.69 Å². The van der Waals surface area contributed by atoms with Gasteiger partial charge in [0, 0.05) is 6.20 Å². The Bertz CT molecular complexity index is 1080. The summed E-state index contributed by atoms with van der Waals surface area (Å²) in [5.74, 6) is 0.677. The number of hydrogen-bond acceptors (Lipinski definition) is 5. The lowest BCUT2D eigenvalue weighted by atomic mass is 10.1. The van der Waals surface area contributed by atoms with Crippen molar-refractivity contribution in [2.45, 2.75) is 13.5 Å². The first-order valence-corrected chi connectivity index (χ1v) is 10.1. The number of amides is 1. The van der Waals surface area contributed by atoms with E-state index in [2.05, 4.69) is 9.71 Å². The summed E-state index contributed by atoms with van der Waals surface area (Å²) in [6, 6.07) is 13.9. The molecule has 1 aliphatic rings. The number of benzene rings is 2. The van der Waals surface area contributed by atoms with Gasteiger partial charge in [0.1, 0.15) is 11.5 Å². The average Bonchev–Trinajstić information content (AvgIpc) is 2.70. The largest absolute Gasteiger partial charge is 0.497 e. The second-order valence-electron chi connectivity index (χ2n) is 6.24. The van der Waals surface area contributed by atoms with Crippen LogP contribution in [-0.4, -0.2) is 38.6 Å². The quantitative estimate of drug-likeness (QED) is 0.782. The van der Waals surface area contributed by atoms with Gasteiger partial charge in [0.05, 0.1) is 37.7 Å². The van der Waals surface area contributed by atoms with E-state index in [9.17, 15) is 13.2 Å². The second-order valence-corrected chi connectivity index (χ2v) is 7.79. The lowest BCUT2D eigenvalue weighted by Crippen LogP contribution is -2.32. The Morgan fingerprint density at radius 1 is 1.07 bits per heavy atom. The van der Waals surface area contributed by atoms with Gasteiger partial charge >= 0.3 is 10.2 Å². The smallest absolute Gasteiger partial charge is 0.344 e. The Morgan fingerprint density at radius 3 is 2.41 bits per heavy atom. The molecule has 2 aromatic carbocycles. The van der Waals surface area contributed by atoms with Crippen molar-refractivity contribution in [1.29, 1.82) is 0 Å². The molecule has 0 aliphatic carbocycles. The minimum absolute atomic E-state index is 0.0363. The van der Waals surface area contributed by atoms with E-state index in [4.69, 9.17) is 9.47 Å². The van der Waals surface area contributed by atoms with Crippen LogP contribution < -0.4 is 14.8 Å². The molecule has 1 heterocycles. The van der Waals surface area contributed by atoms with E-state index in [1.165, 1.54) is 20.2 Å². The van der Waals surface area contributed by atoms with E-state index >= 15 is 0 Å². The number of nitrogens with one attached hydrogen (secondary N) is 1. The van der Waals surface area contributed by atoms with Crippen LogP contribution >= 0.6 is 0 Å². The first kappa shape index (κ1) is 20.4. The molecule has 1 aliphatic heterocycles. The summed E-state index contributed by atoms with van der Waals surface area (Å²) >= 11 is 0. The van der Waals surface area contributed by atoms with E-state index < -0.39 is 16.1 Å². The van der Waals surface area contributed by atoms with Crippen LogP contribution in [0, 0.1) is 0 Å². The minimum atomic E-state index is -3.93. The summed E-state index contributed by atoms with van der Waals surface area (Å²) in [4.78, 5) is 12.8. The molecule has 29 heavy (non-hydrogen) atoms. The van der Waals surface area contributed by atoms with Crippen LogP contribution in [-0.2, 0) is 21.5 Å². The number of para-hydroxylation sites is 2. The molecule has 0 bridgehead atoms. The number of hydrogen-bond donors (Lipinski definition) is 1. The van der Waals surface area contributed by atoms with Crippen LogP contribution in [0.1, 0.15) is 12.5 Å². The number of rotatable bonds is 6. The molecule has 1 N–H and O–H groups in total. The highest BCUT2D eigenvalue weighted by molar-refractivity contribution is 7.88. The number of nitrogens with zero attached hydrogens (tertiary/aromatic N) is 2. The predicted octanol–water partition coefficient (Wildman–Crippen LogP) is 2.75. The van der Waals surface area contributed by atoms with Crippen LogP contribution in [0.5, 0.6) is 11.5 Å². The van der Waals surface area contributed by atoms with Crippen molar-refractivity contribution in [2.24, 2.45) is 4.40 Å². The van der Waals surface area contributed by atoms with Gasteiger partial charge < -0.3 is 14.8 Å². The molecular formula is C20H21N3O5S. The van der Waals surface area contributed by atoms with Crippen LogP contribution in [0.3, 0.4) is 0 Å². The highest BCUT2D eigenvalue weighted by Crippen LogP contribution is 2.25. The van der Waals surface area contributed by atoms with Crippen molar-refractivity contribution >= 4 is 27.5 Å². The predicted molar refractivity (Wildman–Crippen MR) is 110 cm³/mol. The average molecular weight is 415 g/mol. The molecule has 0 fully saturated rings. The van der Waals surface area contributed by atoms with Crippen molar-refractivity contribution in [2.75, 3.05) is 19.5 Å². The summed E-state index contributed by atoms with van der Waals surface area (Å²) < 4.78 is 40.1. The topological polar surface area (TPSA) is 97.3 Å². The fourth-order valence-electron chi connectivity index (χ4n) is 2.78. The van der Waals surface area contributed by atoms with Gasteiger partial charge in [-0.2, -0.15) is 8.42 Å². The number of methoxy groups -OCH3 is 2. The Labute approximate surface area is 169 Å². The highest BCUT2D eigenvalue weighted by atomic mass is 32.2. The van der Waals surface area contributed by atoms with Crippen molar-refractivity contribution in [3.05, 3.63) is 65.9 Å². The first-order valence-electron chi connectivity index (χ1n) is 8.72. The molecule has 152 valence electrons. The molecule has 3 rings (SSSR count). The minimum Gasteiger partial charge on any atom is -0.497 e. The van der Waals surface area contributed by atoms with Crippen molar-refractivity contribution in [3.63, 3.8) is 0 Å². The normalized spacial score (nSPS) is 15.2. The number of ether oxygens (including phenoxy) is 2. The van der Waals surface area contributed by atoms with Gasteiger partial charge in [-0.3, -0.25) is 9.10 Å². The Balaban J connectivity index is 1.86. The van der Waals surface area contributed by atoms with Gasteiger partial charge in [-0.25, -0.2) is 0 Å². The third-order valence-corrected chi connectivity index (χ3v) is 5.64. The molecule has 0 saturated heterocycles. The molecule has 0 atom stereocenters. The molecular weight excluding hydrogens is 394 g/mol. The van der Waals surface area contributed by atoms with E-state index in [0.29, 0.717) is 17.2 Å². The lowest BCUT2D eigenvalue weighted by Gasteiger charge is -2.24. The summed E-state index contributed by atoms with van der Waals surface area (Å²) in [5, 5.41) is 2.74. The highest BCUT2D eigenvalue weighted by Gasteiger charge is 2.28. The van der Waals surface area contributed by atoms with Gasteiger partial charge in [0.25, 0.3) is 5.91 Å². The van der Waals surface area contributed by atoms with Crippen molar-refractivity contribution in [1.82, 2.24) is 4.31 Å². The summed E-state index contributed by atoms with van der Waals surface area (Å²) in [7, 11) is -0.877. The van der Waals surface area contributed by atoms with Crippen molar-refractivity contribution < 1.29 is 22.7 Å². The molecule has 8 nitrogen and oxygen atoms in total. The Kier molecular flexibility index (Phi) is 5.88. The molecule has 0 spiro atoms. The molecule has 2 aromatic rings. The molecule has 9 heteroatoms. The number of anilines is 1. The van der Waals surface area contributed by atoms with Gasteiger partial charge in [0.15, 0.2) is 0 Å². The SMILES string of the molecule is COc1ccc(CN2C=C(C(=O)Nc3ccccc3OC)C(C)=NS2(=O)=O)cc1. The molecule has 0 aromatic heterocycles. The van der Waals surface area contributed by atoms with E-state index in [1.54, 1.807) is 55.6 Å². The second kappa shape index (κ2) is 8.36. The number of carbonyl (C=O) groups is 1. The summed E-state index contributed by atoms with van der Waals surface area (Å²) in [6.45, 7) is 1.52. The fraction of sp³-hybridized carbons (Fsp3) is 0.200. The van der Waals surface area contributed by atoms with Gasteiger partial charge in [-0.1, -0.05) is 24.3 Å². The lowest BCUT2D eigenvalue weighted by molar-refractivity contribution is -0.112. The summed E-state index contributed by atoms with van der Waals surface area (Å²) in [5.41, 5.74) is 1.47. The molecule has 0 radical (unpaired) electrons. The first-order chi connectivity index (χ1) is 13.8. The maximum Gasteiger partial charge on any atom is 0.344 e. The number of carbonyl (C=O) groups excluding carboxylic acids is 1. The zero-order chi connectivity index (χ0) is 21.0. The van der Waals surface area contributed by atoms with Gasteiger partial charge in [0.2, 0.25) is 0 Å². The molecule has 0 saturated carbocycles. The third-order valence-electron chi connectivity index (χ3n) is 4.31. The fourth-order valence-corrected chi connectivity index (χ4v) is 3.88.